The van der Waals surface area contributed by atoms with Crippen LogP contribution in [-0.2, 0) is 0 Å². The largest absolute Gasteiger partial charge is 0.369 e. The summed E-state index contributed by atoms with van der Waals surface area (Å²) in [5.74, 6) is 1.72. The first-order valence-corrected chi connectivity index (χ1v) is 5.56. The highest BCUT2D eigenvalue weighted by molar-refractivity contribution is 5.44. The maximum atomic E-state index is 4.45. The molecule has 0 atom stereocenters. The van der Waals surface area contributed by atoms with Gasteiger partial charge in [-0.05, 0) is 26.2 Å². The van der Waals surface area contributed by atoms with E-state index in [-0.39, 0.29) is 5.54 Å². The minimum Gasteiger partial charge on any atom is -0.369 e. The van der Waals surface area contributed by atoms with Gasteiger partial charge in [-0.3, -0.25) is 4.98 Å². The lowest BCUT2D eigenvalue weighted by Crippen LogP contribution is -2.17. The molecule has 82 valence electrons. The zero-order valence-electron chi connectivity index (χ0n) is 9.38. The van der Waals surface area contributed by atoms with Crippen LogP contribution in [0.15, 0.2) is 12.4 Å². The summed E-state index contributed by atoms with van der Waals surface area (Å²) in [6.45, 7) is 5.28. The number of rotatable bonds is 5. The monoisotopic (exact) mass is 206 g/mol. The number of hydrogen-bond acceptors (Lipinski definition) is 4. The van der Waals surface area contributed by atoms with E-state index in [1.165, 1.54) is 12.8 Å². The van der Waals surface area contributed by atoms with Crippen molar-refractivity contribution in [3.63, 3.8) is 0 Å². The van der Waals surface area contributed by atoms with Crippen molar-refractivity contribution < 1.29 is 0 Å². The molecule has 15 heavy (non-hydrogen) atoms. The summed E-state index contributed by atoms with van der Waals surface area (Å²) in [6, 6.07) is 0. The predicted molar refractivity (Wildman–Crippen MR) is 62.1 cm³/mol. The Morgan fingerprint density at radius 1 is 1.33 bits per heavy atom. The van der Waals surface area contributed by atoms with Crippen molar-refractivity contribution in [1.29, 1.82) is 0 Å². The van der Waals surface area contributed by atoms with E-state index in [0.717, 1.165) is 24.6 Å². The molecule has 4 heteroatoms. The number of hydrogen-bond donors (Lipinski definition) is 2. The number of nitrogens with zero attached hydrogens (tertiary/aromatic N) is 2. The second-order valence-electron chi connectivity index (χ2n) is 4.40. The Hall–Kier alpha value is -1.32. The van der Waals surface area contributed by atoms with Crippen LogP contribution in [0.25, 0.3) is 0 Å². The number of nitrogens with one attached hydrogen (secondary N) is 2. The number of anilines is 2. The van der Waals surface area contributed by atoms with Gasteiger partial charge in [0.25, 0.3) is 0 Å². The molecular weight excluding hydrogens is 188 g/mol. The first-order chi connectivity index (χ1) is 7.22. The van der Waals surface area contributed by atoms with E-state index in [0.29, 0.717) is 0 Å². The highest BCUT2D eigenvalue weighted by Gasteiger charge is 2.37. The van der Waals surface area contributed by atoms with Gasteiger partial charge < -0.3 is 10.6 Å². The Balaban J connectivity index is 1.98. The molecule has 1 aliphatic carbocycles. The lowest BCUT2D eigenvalue weighted by molar-refractivity contribution is 0.818. The van der Waals surface area contributed by atoms with Crippen molar-refractivity contribution in [2.45, 2.75) is 38.6 Å². The second-order valence-corrected chi connectivity index (χ2v) is 4.40. The molecule has 1 heterocycles. The Labute approximate surface area is 90.5 Å². The second kappa shape index (κ2) is 4.04. The van der Waals surface area contributed by atoms with Crippen LogP contribution in [0.5, 0.6) is 0 Å². The van der Waals surface area contributed by atoms with Crippen LogP contribution in [0.2, 0.25) is 0 Å². The van der Waals surface area contributed by atoms with E-state index < -0.39 is 0 Å². The minimum absolute atomic E-state index is 0.262. The van der Waals surface area contributed by atoms with E-state index in [2.05, 4.69) is 34.4 Å². The molecule has 2 rings (SSSR count). The molecule has 0 aliphatic heterocycles. The van der Waals surface area contributed by atoms with Gasteiger partial charge in [-0.15, -0.1) is 0 Å². The van der Waals surface area contributed by atoms with Gasteiger partial charge in [-0.25, -0.2) is 4.98 Å². The Bertz CT molecular complexity index is 333. The first kappa shape index (κ1) is 10.2. The van der Waals surface area contributed by atoms with Crippen molar-refractivity contribution in [2.75, 3.05) is 17.2 Å². The Kier molecular flexibility index (Phi) is 2.75. The van der Waals surface area contributed by atoms with Crippen molar-refractivity contribution in [2.24, 2.45) is 0 Å². The zero-order valence-corrected chi connectivity index (χ0v) is 9.38. The fourth-order valence-electron chi connectivity index (χ4n) is 1.39. The van der Waals surface area contributed by atoms with Crippen LogP contribution in [0.1, 0.15) is 33.1 Å². The zero-order chi connectivity index (χ0) is 10.7. The van der Waals surface area contributed by atoms with Crippen molar-refractivity contribution in [3.8, 4) is 0 Å². The van der Waals surface area contributed by atoms with Gasteiger partial charge in [0.05, 0.1) is 12.4 Å². The predicted octanol–water partition coefficient (Wildman–Crippen LogP) is 2.26. The Morgan fingerprint density at radius 3 is 2.73 bits per heavy atom. The third-order valence-corrected chi connectivity index (χ3v) is 2.62. The normalized spacial score (nSPS) is 17.2. The maximum Gasteiger partial charge on any atom is 0.147 e. The Morgan fingerprint density at radius 2 is 2.07 bits per heavy atom. The van der Waals surface area contributed by atoms with Crippen LogP contribution in [0.3, 0.4) is 0 Å². The first-order valence-electron chi connectivity index (χ1n) is 5.56. The molecule has 1 aliphatic rings. The average Bonchev–Trinajstić information content (AvgIpc) is 2.93. The molecule has 0 amide bonds. The summed E-state index contributed by atoms with van der Waals surface area (Å²) in [5, 5.41) is 6.62. The summed E-state index contributed by atoms with van der Waals surface area (Å²) in [5.41, 5.74) is 0.262. The third-order valence-electron chi connectivity index (χ3n) is 2.62. The number of aromatic nitrogens is 2. The van der Waals surface area contributed by atoms with Gasteiger partial charge in [0.15, 0.2) is 0 Å². The summed E-state index contributed by atoms with van der Waals surface area (Å²) in [7, 11) is 0. The lowest BCUT2D eigenvalue weighted by Gasteiger charge is -2.12. The molecule has 1 saturated carbocycles. The maximum absolute atomic E-state index is 4.45. The fourth-order valence-corrected chi connectivity index (χ4v) is 1.39. The quantitative estimate of drug-likeness (QED) is 0.776. The third kappa shape index (κ3) is 2.81. The SMILES string of the molecule is CCCNc1cncc(NC2(C)CC2)n1. The van der Waals surface area contributed by atoms with Gasteiger partial charge in [0, 0.05) is 12.1 Å². The summed E-state index contributed by atoms with van der Waals surface area (Å²) in [4.78, 5) is 8.61. The molecule has 4 nitrogen and oxygen atoms in total. The molecule has 2 N–H and O–H groups in total. The highest BCUT2D eigenvalue weighted by atomic mass is 15.1. The van der Waals surface area contributed by atoms with E-state index in [1.54, 1.807) is 12.4 Å². The van der Waals surface area contributed by atoms with Crippen molar-refractivity contribution in [1.82, 2.24) is 9.97 Å². The van der Waals surface area contributed by atoms with Crippen molar-refractivity contribution >= 4 is 11.6 Å². The van der Waals surface area contributed by atoms with Crippen LogP contribution in [0, 0.1) is 0 Å². The van der Waals surface area contributed by atoms with E-state index in [4.69, 9.17) is 0 Å². The molecule has 1 aromatic heterocycles. The van der Waals surface area contributed by atoms with Gasteiger partial charge in [0.2, 0.25) is 0 Å². The highest BCUT2D eigenvalue weighted by Crippen LogP contribution is 2.37. The van der Waals surface area contributed by atoms with Gasteiger partial charge in [0.1, 0.15) is 11.6 Å². The fraction of sp³-hybridized carbons (Fsp3) is 0.636. The average molecular weight is 206 g/mol. The minimum atomic E-state index is 0.262. The van der Waals surface area contributed by atoms with Gasteiger partial charge in [-0.2, -0.15) is 0 Å². The summed E-state index contributed by atoms with van der Waals surface area (Å²) >= 11 is 0. The van der Waals surface area contributed by atoms with Crippen LogP contribution in [0.4, 0.5) is 11.6 Å². The van der Waals surface area contributed by atoms with Crippen molar-refractivity contribution in [3.05, 3.63) is 12.4 Å². The molecule has 0 aromatic carbocycles. The topological polar surface area (TPSA) is 49.8 Å². The molecular formula is C11H18N4. The molecule has 0 radical (unpaired) electrons. The molecule has 1 aromatic rings. The van der Waals surface area contributed by atoms with Gasteiger partial charge >= 0.3 is 0 Å². The summed E-state index contributed by atoms with van der Waals surface area (Å²) < 4.78 is 0. The molecule has 0 unspecified atom stereocenters. The summed E-state index contributed by atoms with van der Waals surface area (Å²) in [6.07, 6.45) is 7.08. The lowest BCUT2D eigenvalue weighted by atomic mass is 10.3. The van der Waals surface area contributed by atoms with Gasteiger partial charge in [-0.1, -0.05) is 6.92 Å². The van der Waals surface area contributed by atoms with Crippen LogP contribution >= 0.6 is 0 Å². The smallest absolute Gasteiger partial charge is 0.147 e. The van der Waals surface area contributed by atoms with Crippen LogP contribution < -0.4 is 10.6 Å². The van der Waals surface area contributed by atoms with E-state index in [9.17, 15) is 0 Å². The van der Waals surface area contributed by atoms with Crippen LogP contribution in [-0.4, -0.2) is 22.1 Å². The molecule has 1 fully saturated rings. The standard InChI is InChI=1S/C11H18N4/c1-3-6-13-9-7-12-8-10(14-9)15-11(2)4-5-11/h7-8H,3-6H2,1-2H3,(H2,13,14,15). The molecule has 0 saturated heterocycles. The van der Waals surface area contributed by atoms with E-state index in [1.807, 2.05) is 0 Å². The molecule has 0 spiro atoms. The van der Waals surface area contributed by atoms with E-state index >= 15 is 0 Å². The molecule has 0 bridgehead atoms.